The Balaban J connectivity index is 1.78. The molecule has 1 aromatic carbocycles. The lowest BCUT2D eigenvalue weighted by Gasteiger charge is -2.11. The standard InChI is InChI=1S/C18H24N4OS/c1-6-22(5)11-19-14-9-13(3)15(10-12(14)2)23-17-20-16(21-24-17)18(4)7-8-18/h9-11H,6-8H2,1-5H3/b19-11-. The summed E-state index contributed by atoms with van der Waals surface area (Å²) in [4.78, 5) is 11.1. The summed E-state index contributed by atoms with van der Waals surface area (Å²) in [5.74, 6) is 1.74. The predicted molar refractivity (Wildman–Crippen MR) is 98.9 cm³/mol. The maximum atomic E-state index is 5.98. The summed E-state index contributed by atoms with van der Waals surface area (Å²) in [5, 5.41) is 0.614. The lowest BCUT2D eigenvalue weighted by molar-refractivity contribution is 0.471. The van der Waals surface area contributed by atoms with Crippen LogP contribution in [-0.4, -0.2) is 34.2 Å². The van der Waals surface area contributed by atoms with E-state index in [1.807, 2.05) is 38.2 Å². The summed E-state index contributed by atoms with van der Waals surface area (Å²) >= 11 is 1.33. The largest absolute Gasteiger partial charge is 0.430 e. The van der Waals surface area contributed by atoms with Crippen molar-refractivity contribution in [3.8, 4) is 10.9 Å². The van der Waals surface area contributed by atoms with Crippen molar-refractivity contribution in [3.63, 3.8) is 0 Å². The number of nitrogens with zero attached hydrogens (tertiary/aromatic N) is 4. The predicted octanol–water partition coefficient (Wildman–Crippen LogP) is 4.61. The van der Waals surface area contributed by atoms with E-state index in [9.17, 15) is 0 Å². The number of aliphatic imine (C=N–C) groups is 1. The first-order valence-electron chi connectivity index (χ1n) is 8.29. The molecule has 1 saturated carbocycles. The average molecular weight is 344 g/mol. The molecule has 1 aromatic heterocycles. The smallest absolute Gasteiger partial charge is 0.298 e. The van der Waals surface area contributed by atoms with Gasteiger partial charge in [0.25, 0.3) is 5.19 Å². The quantitative estimate of drug-likeness (QED) is 0.567. The van der Waals surface area contributed by atoms with Gasteiger partial charge in [0, 0.05) is 30.5 Å². The second-order valence-electron chi connectivity index (χ2n) is 6.77. The number of hydrogen-bond acceptors (Lipinski definition) is 5. The van der Waals surface area contributed by atoms with Gasteiger partial charge < -0.3 is 9.64 Å². The number of rotatable bonds is 6. The Morgan fingerprint density at radius 2 is 2.08 bits per heavy atom. The highest BCUT2D eigenvalue weighted by atomic mass is 32.1. The van der Waals surface area contributed by atoms with Gasteiger partial charge in [-0.15, -0.1) is 0 Å². The molecule has 1 aliphatic rings. The number of hydrogen-bond donors (Lipinski definition) is 0. The molecule has 0 aliphatic heterocycles. The fourth-order valence-electron chi connectivity index (χ4n) is 2.27. The third-order valence-electron chi connectivity index (χ3n) is 4.53. The first-order valence-corrected chi connectivity index (χ1v) is 9.06. The van der Waals surface area contributed by atoms with E-state index >= 15 is 0 Å². The third kappa shape index (κ3) is 3.59. The molecule has 0 bridgehead atoms. The SMILES string of the molecule is CCN(C)/C=N\c1cc(C)c(Oc2nc(C3(C)CC3)ns2)cc1C. The van der Waals surface area contributed by atoms with Crippen LogP contribution in [0.1, 0.15) is 43.6 Å². The molecular weight excluding hydrogens is 320 g/mol. The molecule has 128 valence electrons. The Hall–Kier alpha value is -1.95. The number of aryl methyl sites for hydroxylation is 2. The molecule has 1 fully saturated rings. The van der Waals surface area contributed by atoms with Gasteiger partial charge in [0.05, 0.1) is 12.0 Å². The maximum absolute atomic E-state index is 5.98. The normalized spacial score (nSPS) is 15.7. The highest BCUT2D eigenvalue weighted by Gasteiger charge is 2.43. The lowest BCUT2D eigenvalue weighted by atomic mass is 10.1. The third-order valence-corrected chi connectivity index (χ3v) is 5.13. The van der Waals surface area contributed by atoms with Gasteiger partial charge in [-0.1, -0.05) is 6.92 Å². The zero-order valence-electron chi connectivity index (χ0n) is 15.0. The Kier molecular flexibility index (Phi) is 4.58. The van der Waals surface area contributed by atoms with Crippen molar-refractivity contribution < 1.29 is 4.74 Å². The van der Waals surface area contributed by atoms with Crippen LogP contribution >= 0.6 is 11.5 Å². The first-order chi connectivity index (χ1) is 11.4. The van der Waals surface area contributed by atoms with Crippen LogP contribution in [0.2, 0.25) is 0 Å². The second kappa shape index (κ2) is 6.51. The molecule has 3 rings (SSSR count). The highest BCUT2D eigenvalue weighted by Crippen LogP contribution is 2.47. The van der Waals surface area contributed by atoms with Gasteiger partial charge in [-0.2, -0.15) is 9.36 Å². The maximum Gasteiger partial charge on any atom is 0.298 e. The van der Waals surface area contributed by atoms with Gasteiger partial charge in [0.15, 0.2) is 5.82 Å². The van der Waals surface area contributed by atoms with Crippen LogP contribution in [0.3, 0.4) is 0 Å². The van der Waals surface area contributed by atoms with Crippen LogP contribution in [0, 0.1) is 13.8 Å². The summed E-state index contributed by atoms with van der Waals surface area (Å²) in [5.41, 5.74) is 3.26. The van der Waals surface area contributed by atoms with E-state index in [-0.39, 0.29) is 5.41 Å². The molecule has 0 atom stereocenters. The van der Waals surface area contributed by atoms with E-state index in [0.717, 1.165) is 34.9 Å². The topological polar surface area (TPSA) is 50.6 Å². The molecule has 24 heavy (non-hydrogen) atoms. The fourth-order valence-corrected chi connectivity index (χ4v) is 2.95. The molecule has 1 aliphatic carbocycles. The Morgan fingerprint density at radius 1 is 1.33 bits per heavy atom. The molecule has 0 saturated heterocycles. The monoisotopic (exact) mass is 344 g/mol. The van der Waals surface area contributed by atoms with E-state index in [1.54, 1.807) is 0 Å². The molecule has 5 nitrogen and oxygen atoms in total. The summed E-state index contributed by atoms with van der Waals surface area (Å²) in [6.45, 7) is 9.30. The lowest BCUT2D eigenvalue weighted by Crippen LogP contribution is -2.14. The summed E-state index contributed by atoms with van der Waals surface area (Å²) in [6.07, 6.45) is 4.19. The molecule has 0 radical (unpaired) electrons. The Morgan fingerprint density at radius 3 is 2.75 bits per heavy atom. The van der Waals surface area contributed by atoms with Crippen molar-refractivity contribution in [2.24, 2.45) is 4.99 Å². The molecule has 0 spiro atoms. The molecule has 0 unspecified atom stereocenters. The summed E-state index contributed by atoms with van der Waals surface area (Å²) in [6, 6.07) is 4.07. The summed E-state index contributed by atoms with van der Waals surface area (Å²) in [7, 11) is 2.01. The highest BCUT2D eigenvalue weighted by molar-refractivity contribution is 7.07. The van der Waals surface area contributed by atoms with Gasteiger partial charge >= 0.3 is 0 Å². The van der Waals surface area contributed by atoms with Gasteiger partial charge in [-0.05, 0) is 56.9 Å². The van der Waals surface area contributed by atoms with Crippen LogP contribution < -0.4 is 4.74 Å². The van der Waals surface area contributed by atoms with E-state index in [1.165, 1.54) is 24.4 Å². The van der Waals surface area contributed by atoms with E-state index < -0.39 is 0 Å². The van der Waals surface area contributed by atoms with E-state index in [4.69, 9.17) is 4.74 Å². The molecule has 2 aromatic rings. The first kappa shape index (κ1) is 16.9. The van der Waals surface area contributed by atoms with Crippen LogP contribution in [-0.2, 0) is 5.41 Å². The van der Waals surface area contributed by atoms with Crippen molar-refractivity contribution in [2.75, 3.05) is 13.6 Å². The van der Waals surface area contributed by atoms with E-state index in [0.29, 0.717) is 5.19 Å². The minimum atomic E-state index is 0.174. The number of benzene rings is 1. The van der Waals surface area contributed by atoms with Gasteiger partial charge in [0.1, 0.15) is 5.75 Å². The molecular formula is C18H24N4OS. The van der Waals surface area contributed by atoms with Crippen LogP contribution in [0.5, 0.6) is 10.9 Å². The Bertz CT molecular complexity index is 764. The van der Waals surface area contributed by atoms with Gasteiger partial charge in [-0.3, -0.25) is 0 Å². The molecule has 6 heteroatoms. The molecule has 1 heterocycles. The zero-order chi connectivity index (χ0) is 17.3. The van der Waals surface area contributed by atoms with Crippen molar-refractivity contribution in [1.29, 1.82) is 0 Å². The van der Waals surface area contributed by atoms with Crippen molar-refractivity contribution >= 4 is 23.6 Å². The number of ether oxygens (including phenoxy) is 1. The zero-order valence-corrected chi connectivity index (χ0v) is 15.8. The van der Waals surface area contributed by atoms with Crippen LogP contribution in [0.25, 0.3) is 0 Å². The average Bonchev–Trinajstić information content (AvgIpc) is 3.12. The van der Waals surface area contributed by atoms with E-state index in [2.05, 4.69) is 34.3 Å². The molecule has 0 amide bonds. The van der Waals surface area contributed by atoms with Crippen LogP contribution in [0.4, 0.5) is 5.69 Å². The second-order valence-corrected chi connectivity index (χ2v) is 7.48. The van der Waals surface area contributed by atoms with Crippen molar-refractivity contribution in [1.82, 2.24) is 14.3 Å². The van der Waals surface area contributed by atoms with Crippen LogP contribution in [0.15, 0.2) is 17.1 Å². The van der Waals surface area contributed by atoms with Crippen molar-refractivity contribution in [3.05, 3.63) is 29.1 Å². The summed E-state index contributed by atoms with van der Waals surface area (Å²) < 4.78 is 10.4. The fraction of sp³-hybridized carbons (Fsp3) is 0.500. The number of aromatic nitrogens is 2. The molecule has 0 N–H and O–H groups in total. The van der Waals surface area contributed by atoms with Crippen molar-refractivity contribution in [2.45, 2.75) is 46.0 Å². The minimum Gasteiger partial charge on any atom is -0.430 e. The van der Waals surface area contributed by atoms with Gasteiger partial charge in [-0.25, -0.2) is 4.99 Å². The minimum absolute atomic E-state index is 0.174. The van der Waals surface area contributed by atoms with Gasteiger partial charge in [0.2, 0.25) is 0 Å². The Labute approximate surface area is 147 Å².